The molecule has 0 bridgehead atoms. The van der Waals surface area contributed by atoms with Crippen molar-refractivity contribution in [1.29, 1.82) is 0 Å². The van der Waals surface area contributed by atoms with Gasteiger partial charge in [-0.3, -0.25) is 0 Å². The van der Waals surface area contributed by atoms with E-state index in [1.165, 1.54) is 0 Å². The topological polar surface area (TPSA) is 35.5 Å². The first-order chi connectivity index (χ1) is 11.5. The van der Waals surface area contributed by atoms with Crippen LogP contribution < -0.4 is 0 Å². The molecule has 0 aliphatic rings. The van der Waals surface area contributed by atoms with Crippen LogP contribution in [0.1, 0.15) is 66.7 Å². The molecule has 0 aliphatic heterocycles. The molecule has 3 nitrogen and oxygen atoms in total. The van der Waals surface area contributed by atoms with Crippen molar-refractivity contribution in [3.8, 4) is 0 Å². The minimum absolute atomic E-state index is 0.197. The number of ether oxygens (including phenoxy) is 1. The summed E-state index contributed by atoms with van der Waals surface area (Å²) in [5, 5.41) is 0.197. The smallest absolute Gasteiger partial charge is 0.333 e. The van der Waals surface area contributed by atoms with Gasteiger partial charge in [-0.2, -0.15) is 0 Å². The molecule has 0 rings (SSSR count). The van der Waals surface area contributed by atoms with Gasteiger partial charge in [-0.15, -0.1) is 0 Å². The fourth-order valence-corrected chi connectivity index (χ4v) is 3.18. The normalized spacial score (nSPS) is 13.6. The van der Waals surface area contributed by atoms with E-state index in [4.69, 9.17) is 9.16 Å². The third kappa shape index (κ3) is 9.68. The molecule has 25 heavy (non-hydrogen) atoms. The van der Waals surface area contributed by atoms with Crippen LogP contribution >= 0.6 is 0 Å². The van der Waals surface area contributed by atoms with Gasteiger partial charge in [0.15, 0.2) is 0 Å². The quantitative estimate of drug-likeness (QED) is 0.104. The number of hydrogen-bond donors (Lipinski definition) is 0. The summed E-state index contributed by atoms with van der Waals surface area (Å²) in [6.45, 7) is 19.2. The van der Waals surface area contributed by atoms with Gasteiger partial charge in [0.25, 0.3) is 0 Å². The van der Waals surface area contributed by atoms with Crippen LogP contribution in [0.2, 0.25) is 18.1 Å². The van der Waals surface area contributed by atoms with Gasteiger partial charge >= 0.3 is 5.97 Å². The summed E-state index contributed by atoms with van der Waals surface area (Å²) in [5.74, 6) is 0.848. The van der Waals surface area contributed by atoms with Gasteiger partial charge in [-0.1, -0.05) is 45.9 Å². The summed E-state index contributed by atoms with van der Waals surface area (Å²) in [6.07, 6.45) is 10.9. The Labute approximate surface area is 156 Å². The number of carbonyl (C=O) groups is 1. The monoisotopic (exact) mass is 366 g/mol. The van der Waals surface area contributed by atoms with Crippen molar-refractivity contribution in [3.63, 3.8) is 0 Å². The molecular weight excluding hydrogens is 328 g/mol. The molecule has 0 aromatic heterocycles. The molecule has 0 N–H and O–H groups in total. The molecule has 144 valence electrons. The van der Waals surface area contributed by atoms with Crippen LogP contribution in [0.4, 0.5) is 0 Å². The summed E-state index contributed by atoms with van der Waals surface area (Å²) in [4.78, 5) is 11.5. The van der Waals surface area contributed by atoms with Crippen molar-refractivity contribution in [2.45, 2.75) is 84.9 Å². The van der Waals surface area contributed by atoms with Crippen LogP contribution in [-0.4, -0.2) is 20.9 Å². The van der Waals surface area contributed by atoms with Gasteiger partial charge in [-0.25, -0.2) is 4.79 Å². The number of esters is 1. The first kappa shape index (κ1) is 23.7. The van der Waals surface area contributed by atoms with Crippen LogP contribution in [-0.2, 0) is 14.0 Å². The summed E-state index contributed by atoms with van der Waals surface area (Å²) >= 11 is 0. The van der Waals surface area contributed by atoms with Crippen molar-refractivity contribution in [2.75, 3.05) is 6.61 Å². The van der Waals surface area contributed by atoms with E-state index in [1.54, 1.807) is 0 Å². The van der Waals surface area contributed by atoms with Gasteiger partial charge in [0.05, 0.1) is 12.4 Å². The average Bonchev–Trinajstić information content (AvgIpc) is 2.49. The average molecular weight is 367 g/mol. The van der Waals surface area contributed by atoms with E-state index in [0.29, 0.717) is 12.2 Å². The molecule has 0 aromatic carbocycles. The molecule has 0 fully saturated rings. The van der Waals surface area contributed by atoms with Crippen molar-refractivity contribution in [1.82, 2.24) is 0 Å². The Balaban J connectivity index is 4.32. The van der Waals surface area contributed by atoms with E-state index in [2.05, 4.69) is 40.4 Å². The molecule has 0 aromatic rings. The zero-order chi connectivity index (χ0) is 19.5. The number of hydrogen-bond acceptors (Lipinski definition) is 3. The van der Waals surface area contributed by atoms with E-state index in [9.17, 15) is 4.79 Å². The van der Waals surface area contributed by atoms with E-state index in [1.807, 2.05) is 32.1 Å². The first-order valence-electron chi connectivity index (χ1n) is 9.39. The molecule has 0 heterocycles. The van der Waals surface area contributed by atoms with E-state index >= 15 is 0 Å². The molecule has 4 heteroatoms. The van der Waals surface area contributed by atoms with Crippen LogP contribution in [0.15, 0.2) is 36.1 Å². The second-order valence-electron chi connectivity index (χ2n) is 7.94. The highest BCUT2D eigenvalue weighted by Gasteiger charge is 2.39. The Morgan fingerprint density at radius 2 is 1.80 bits per heavy atom. The van der Waals surface area contributed by atoms with E-state index < -0.39 is 8.32 Å². The Morgan fingerprint density at radius 3 is 2.32 bits per heavy atom. The van der Waals surface area contributed by atoms with Gasteiger partial charge in [0.1, 0.15) is 0 Å². The van der Waals surface area contributed by atoms with Crippen molar-refractivity contribution in [3.05, 3.63) is 36.1 Å². The molecule has 0 saturated carbocycles. The second kappa shape index (κ2) is 11.3. The fraction of sp³-hybridized carbons (Fsp3) is 0.667. The first-order valence-corrected chi connectivity index (χ1v) is 12.3. The minimum Gasteiger partial charge on any atom is -0.547 e. The lowest BCUT2D eigenvalue weighted by atomic mass is 10.1. The lowest BCUT2D eigenvalue weighted by Gasteiger charge is -2.37. The van der Waals surface area contributed by atoms with Crippen molar-refractivity contribution < 1.29 is 14.0 Å². The van der Waals surface area contributed by atoms with Gasteiger partial charge in [0.2, 0.25) is 8.32 Å². The maximum absolute atomic E-state index is 11.5. The predicted molar refractivity (Wildman–Crippen MR) is 110 cm³/mol. The Hall–Kier alpha value is -1.29. The molecule has 0 saturated heterocycles. The molecule has 0 spiro atoms. The summed E-state index contributed by atoms with van der Waals surface area (Å²) < 4.78 is 11.4. The fourth-order valence-electron chi connectivity index (χ4n) is 2.05. The maximum Gasteiger partial charge on any atom is 0.333 e. The van der Waals surface area contributed by atoms with Gasteiger partial charge in [0, 0.05) is 12.0 Å². The number of rotatable bonds is 11. The molecular formula is C21H38O3Si. The van der Waals surface area contributed by atoms with Crippen LogP contribution in [0.5, 0.6) is 0 Å². The van der Waals surface area contributed by atoms with Crippen molar-refractivity contribution in [2.24, 2.45) is 0 Å². The molecule has 0 amide bonds. The lowest BCUT2D eigenvalue weighted by Crippen LogP contribution is -2.40. The Morgan fingerprint density at radius 1 is 1.16 bits per heavy atom. The number of allylic oxidation sites excluding steroid dienone is 4. The number of carbonyl (C=O) groups excluding carboxylic acids is 1. The summed E-state index contributed by atoms with van der Waals surface area (Å²) in [5.41, 5.74) is 0.704. The highest BCUT2D eigenvalue weighted by molar-refractivity contribution is 6.74. The largest absolute Gasteiger partial charge is 0.547 e. The molecule has 0 unspecified atom stereocenters. The zero-order valence-corrected chi connectivity index (χ0v) is 18.4. The van der Waals surface area contributed by atoms with Crippen molar-refractivity contribution >= 4 is 14.3 Å². The van der Waals surface area contributed by atoms with E-state index in [0.717, 1.165) is 37.9 Å². The molecule has 0 radical (unpaired) electrons. The predicted octanol–water partition coefficient (Wildman–Crippen LogP) is 6.54. The SMILES string of the molecule is C=C/C=C(/CCCCC/C=C(\C)C(=O)OCC)O[Si](C)(C)C(C)(C)C. The van der Waals surface area contributed by atoms with Gasteiger partial charge < -0.3 is 9.16 Å². The van der Waals surface area contributed by atoms with Gasteiger partial charge in [-0.05, 0) is 57.3 Å². The zero-order valence-electron chi connectivity index (χ0n) is 17.4. The van der Waals surface area contributed by atoms with E-state index in [-0.39, 0.29) is 11.0 Å². The third-order valence-corrected chi connectivity index (χ3v) is 9.06. The second-order valence-corrected chi connectivity index (χ2v) is 12.7. The maximum atomic E-state index is 11.5. The highest BCUT2D eigenvalue weighted by Crippen LogP contribution is 2.38. The summed E-state index contributed by atoms with van der Waals surface area (Å²) in [7, 11) is -1.79. The van der Waals surface area contributed by atoms with Crippen LogP contribution in [0, 0.1) is 0 Å². The molecule has 0 aliphatic carbocycles. The van der Waals surface area contributed by atoms with Crippen LogP contribution in [0.3, 0.4) is 0 Å². The third-order valence-electron chi connectivity index (χ3n) is 4.67. The minimum atomic E-state index is -1.79. The Kier molecular flexibility index (Phi) is 10.8. The summed E-state index contributed by atoms with van der Waals surface area (Å²) in [6, 6.07) is 0. The molecule has 0 atom stereocenters. The van der Waals surface area contributed by atoms with Crippen LogP contribution in [0.25, 0.3) is 0 Å². The highest BCUT2D eigenvalue weighted by atomic mass is 28.4. The number of unbranched alkanes of at least 4 members (excludes halogenated alkanes) is 3. The lowest BCUT2D eigenvalue weighted by molar-refractivity contribution is -0.138. The Bertz CT molecular complexity index is 482. The standard InChI is InChI=1S/C21H38O3Si/c1-9-15-19(24-25(7,8)21(4,5)6)17-14-12-11-13-16-18(3)20(22)23-10-2/h9,15-16H,1,10-14,17H2,2-8H3/b18-16+,19-15-.